The van der Waals surface area contributed by atoms with Gasteiger partial charge in [-0.1, -0.05) is 31.2 Å². The quantitative estimate of drug-likeness (QED) is 0.566. The normalized spacial score (nSPS) is 22.2. The molecule has 2 fully saturated rings. The van der Waals surface area contributed by atoms with E-state index in [1.807, 2.05) is 0 Å². The first-order valence-electron chi connectivity index (χ1n) is 13.2. The maximum atomic E-state index is 6.44. The largest absolute Gasteiger partial charge is 0.489 e. The molecule has 0 bridgehead atoms. The molecule has 0 saturated carbocycles. The van der Waals surface area contributed by atoms with E-state index in [0.29, 0.717) is 18.6 Å². The lowest BCUT2D eigenvalue weighted by atomic mass is 9.97. The second-order valence-electron chi connectivity index (χ2n) is 10.2. The smallest absolute Gasteiger partial charge is 0.165 e. The van der Waals surface area contributed by atoms with Crippen molar-refractivity contribution in [3.63, 3.8) is 0 Å². The fourth-order valence-corrected chi connectivity index (χ4v) is 5.72. The van der Waals surface area contributed by atoms with Gasteiger partial charge in [-0.25, -0.2) is 0 Å². The first kappa shape index (κ1) is 23.7. The Labute approximate surface area is 205 Å². The Kier molecular flexibility index (Phi) is 7.73. The van der Waals surface area contributed by atoms with Crippen LogP contribution in [0.4, 0.5) is 0 Å². The van der Waals surface area contributed by atoms with E-state index in [0.717, 1.165) is 50.8 Å². The fraction of sp³-hybridized carbons (Fsp3) is 0.586. The average molecular weight is 465 g/mol. The lowest BCUT2D eigenvalue weighted by Crippen LogP contribution is -2.45. The molecule has 184 valence electrons. The summed E-state index contributed by atoms with van der Waals surface area (Å²) in [5.74, 6) is 2.30. The van der Waals surface area contributed by atoms with E-state index in [1.165, 1.54) is 61.2 Å². The molecule has 5 nitrogen and oxygen atoms in total. The number of fused-ring (bicyclic) bond motifs is 1. The Morgan fingerprint density at radius 3 is 2.65 bits per heavy atom. The number of hydrogen-bond acceptors (Lipinski definition) is 5. The van der Waals surface area contributed by atoms with Gasteiger partial charge in [0.25, 0.3) is 0 Å². The predicted molar refractivity (Wildman–Crippen MR) is 137 cm³/mol. The molecule has 0 spiro atoms. The predicted octanol–water partition coefficient (Wildman–Crippen LogP) is 5.15. The topological polar surface area (TPSA) is 34.2 Å². The monoisotopic (exact) mass is 464 g/mol. The molecule has 3 heterocycles. The van der Waals surface area contributed by atoms with Gasteiger partial charge in [0.05, 0.1) is 13.2 Å². The maximum Gasteiger partial charge on any atom is 0.165 e. The molecule has 3 aliphatic rings. The van der Waals surface area contributed by atoms with Crippen molar-refractivity contribution in [2.45, 2.75) is 52.1 Å². The van der Waals surface area contributed by atoms with E-state index in [4.69, 9.17) is 14.2 Å². The van der Waals surface area contributed by atoms with Crippen LogP contribution in [-0.4, -0.2) is 68.4 Å². The number of piperidine rings is 1. The third kappa shape index (κ3) is 5.42. The van der Waals surface area contributed by atoms with Crippen molar-refractivity contribution in [2.75, 3.05) is 52.6 Å². The summed E-state index contributed by atoms with van der Waals surface area (Å²) >= 11 is 0. The van der Waals surface area contributed by atoms with Crippen molar-refractivity contribution in [2.24, 2.45) is 5.92 Å². The van der Waals surface area contributed by atoms with Crippen LogP contribution in [0.5, 0.6) is 11.5 Å². The van der Waals surface area contributed by atoms with Crippen LogP contribution in [0.15, 0.2) is 36.4 Å². The molecule has 2 aromatic rings. The Morgan fingerprint density at radius 2 is 1.88 bits per heavy atom. The Bertz CT molecular complexity index is 948. The molecule has 2 aromatic carbocycles. The van der Waals surface area contributed by atoms with Crippen molar-refractivity contribution >= 4 is 0 Å². The van der Waals surface area contributed by atoms with E-state index < -0.39 is 0 Å². The van der Waals surface area contributed by atoms with Crippen LogP contribution in [0.25, 0.3) is 11.1 Å². The second kappa shape index (κ2) is 11.1. The molecular weight excluding hydrogens is 424 g/mol. The molecule has 0 unspecified atom stereocenters. The highest BCUT2D eigenvalue weighted by Crippen LogP contribution is 2.40. The molecule has 1 atom stereocenters. The summed E-state index contributed by atoms with van der Waals surface area (Å²) < 4.78 is 18.4. The van der Waals surface area contributed by atoms with E-state index in [1.54, 1.807) is 0 Å². The molecule has 2 saturated heterocycles. The van der Waals surface area contributed by atoms with Gasteiger partial charge in [-0.2, -0.15) is 0 Å². The highest BCUT2D eigenvalue weighted by molar-refractivity contribution is 5.72. The first-order valence-corrected chi connectivity index (χ1v) is 13.2. The van der Waals surface area contributed by atoms with Crippen LogP contribution in [-0.2, 0) is 11.3 Å². The first-order chi connectivity index (χ1) is 16.7. The summed E-state index contributed by atoms with van der Waals surface area (Å²) in [7, 11) is 0. The zero-order valence-electron chi connectivity index (χ0n) is 20.9. The zero-order valence-corrected chi connectivity index (χ0v) is 20.9. The van der Waals surface area contributed by atoms with Crippen LogP contribution >= 0.6 is 0 Å². The second-order valence-corrected chi connectivity index (χ2v) is 10.2. The number of benzene rings is 2. The third-order valence-corrected chi connectivity index (χ3v) is 7.70. The van der Waals surface area contributed by atoms with Gasteiger partial charge in [0.2, 0.25) is 0 Å². The molecule has 0 aliphatic carbocycles. The van der Waals surface area contributed by atoms with Gasteiger partial charge in [-0.15, -0.1) is 0 Å². The summed E-state index contributed by atoms with van der Waals surface area (Å²) in [4.78, 5) is 5.28. The summed E-state index contributed by atoms with van der Waals surface area (Å²) in [6.07, 6.45) is 4.81. The van der Waals surface area contributed by atoms with Crippen molar-refractivity contribution < 1.29 is 14.2 Å². The number of rotatable bonds is 7. The van der Waals surface area contributed by atoms with Crippen LogP contribution in [0, 0.1) is 12.8 Å². The number of hydrogen-bond donors (Lipinski definition) is 0. The molecule has 5 heteroatoms. The van der Waals surface area contributed by atoms with Gasteiger partial charge in [-0.05, 0) is 81.1 Å². The third-order valence-electron chi connectivity index (χ3n) is 7.70. The lowest BCUT2D eigenvalue weighted by Gasteiger charge is -2.37. The highest BCUT2D eigenvalue weighted by Gasteiger charge is 2.29. The fourth-order valence-electron chi connectivity index (χ4n) is 5.72. The van der Waals surface area contributed by atoms with Gasteiger partial charge in [0, 0.05) is 37.2 Å². The van der Waals surface area contributed by atoms with Crippen LogP contribution in [0.3, 0.4) is 0 Å². The SMILES string of the molecule is CCCN1CCC(N2CCOc3c(cc(-c4ccccc4C)cc3OC[C@H]3CCOC3)C2)CC1. The molecule has 34 heavy (non-hydrogen) atoms. The molecule has 0 N–H and O–H groups in total. The Hall–Kier alpha value is -2.08. The molecule has 0 amide bonds. The van der Waals surface area contributed by atoms with Gasteiger partial charge in [0.1, 0.15) is 6.61 Å². The van der Waals surface area contributed by atoms with Gasteiger partial charge in [0.15, 0.2) is 11.5 Å². The van der Waals surface area contributed by atoms with Gasteiger partial charge < -0.3 is 19.1 Å². The summed E-state index contributed by atoms with van der Waals surface area (Å²) in [5.41, 5.74) is 5.03. The summed E-state index contributed by atoms with van der Waals surface area (Å²) in [5, 5.41) is 0. The minimum Gasteiger partial charge on any atom is -0.489 e. The van der Waals surface area contributed by atoms with Crippen molar-refractivity contribution in [3.05, 3.63) is 47.5 Å². The molecule has 0 aromatic heterocycles. The van der Waals surface area contributed by atoms with Gasteiger partial charge in [-0.3, -0.25) is 4.90 Å². The summed E-state index contributed by atoms with van der Waals surface area (Å²) in [6, 6.07) is 13.8. The van der Waals surface area contributed by atoms with E-state index in [9.17, 15) is 0 Å². The van der Waals surface area contributed by atoms with Crippen molar-refractivity contribution in [1.82, 2.24) is 9.80 Å². The molecule has 3 aliphatic heterocycles. The molecule has 0 radical (unpaired) electrons. The minimum absolute atomic E-state index is 0.466. The Balaban J connectivity index is 1.41. The van der Waals surface area contributed by atoms with E-state index >= 15 is 0 Å². The molecule has 5 rings (SSSR count). The van der Waals surface area contributed by atoms with E-state index in [-0.39, 0.29) is 0 Å². The van der Waals surface area contributed by atoms with E-state index in [2.05, 4.69) is 60.0 Å². The number of likely N-dealkylation sites (tertiary alicyclic amines) is 1. The summed E-state index contributed by atoms with van der Waals surface area (Å²) in [6.45, 7) is 13.1. The Morgan fingerprint density at radius 1 is 1.03 bits per heavy atom. The lowest BCUT2D eigenvalue weighted by molar-refractivity contribution is 0.0968. The maximum absolute atomic E-state index is 6.44. The van der Waals surface area contributed by atoms with Crippen LogP contribution < -0.4 is 9.47 Å². The standard InChI is InChI=1S/C29H40N2O3/c1-3-11-30-12-8-26(9-13-30)31-14-16-33-29-25(19-31)17-24(27-7-5-4-6-22(27)2)18-28(29)34-21-23-10-15-32-20-23/h4-7,17-18,23,26H,3,8-16,19-21H2,1-2H3/t23-/m0/s1. The van der Waals surface area contributed by atoms with Crippen LogP contribution in [0.2, 0.25) is 0 Å². The average Bonchev–Trinajstić information content (AvgIpc) is 3.28. The van der Waals surface area contributed by atoms with Gasteiger partial charge >= 0.3 is 0 Å². The zero-order chi connectivity index (χ0) is 23.3. The van der Waals surface area contributed by atoms with Crippen molar-refractivity contribution in [1.29, 1.82) is 0 Å². The van der Waals surface area contributed by atoms with Crippen LogP contribution in [0.1, 0.15) is 43.7 Å². The minimum atomic E-state index is 0.466. The number of aryl methyl sites for hydroxylation is 1. The van der Waals surface area contributed by atoms with Crippen molar-refractivity contribution in [3.8, 4) is 22.6 Å². The number of ether oxygens (including phenoxy) is 3. The number of nitrogens with zero attached hydrogens (tertiary/aromatic N) is 2. The highest BCUT2D eigenvalue weighted by atomic mass is 16.5. The molecular formula is C29H40N2O3.